The van der Waals surface area contributed by atoms with Crippen molar-refractivity contribution in [1.82, 2.24) is 14.9 Å². The fourth-order valence-corrected chi connectivity index (χ4v) is 4.51. The van der Waals surface area contributed by atoms with E-state index in [0.717, 1.165) is 49.4 Å². The molecule has 1 aromatic carbocycles. The summed E-state index contributed by atoms with van der Waals surface area (Å²) >= 11 is 0. The Balaban J connectivity index is 1.65. The second-order valence-corrected chi connectivity index (χ2v) is 8.05. The number of carbonyl (C=O) groups excluding carboxylic acids is 1. The Kier molecular flexibility index (Phi) is 4.29. The fourth-order valence-electron chi connectivity index (χ4n) is 4.51. The van der Waals surface area contributed by atoms with Crippen molar-refractivity contribution in [3.63, 3.8) is 0 Å². The summed E-state index contributed by atoms with van der Waals surface area (Å²) in [6, 6.07) is 4.96. The molecule has 1 aliphatic heterocycles. The van der Waals surface area contributed by atoms with Crippen molar-refractivity contribution in [2.45, 2.75) is 38.0 Å². The third-order valence-corrected chi connectivity index (χ3v) is 5.93. The Morgan fingerprint density at radius 2 is 2.11 bits per heavy atom. The number of hydrogen-bond acceptors (Lipinski definition) is 5. The fraction of sp³-hybridized carbons (Fsp3) is 0.476. The van der Waals surface area contributed by atoms with Gasteiger partial charge >= 0.3 is 0 Å². The zero-order chi connectivity index (χ0) is 19.2. The summed E-state index contributed by atoms with van der Waals surface area (Å²) in [5.41, 5.74) is 3.75. The monoisotopic (exact) mass is 366 g/mol. The molecule has 0 bridgehead atoms. The predicted molar refractivity (Wildman–Crippen MR) is 104 cm³/mol. The Labute approximate surface area is 159 Å². The van der Waals surface area contributed by atoms with Crippen LogP contribution in [-0.2, 0) is 11.8 Å². The summed E-state index contributed by atoms with van der Waals surface area (Å²) in [5, 5.41) is 9.63. The molecule has 1 aromatic heterocycles. The highest BCUT2D eigenvalue weighted by atomic mass is 16.3. The van der Waals surface area contributed by atoms with Crippen LogP contribution in [-0.4, -0.2) is 53.1 Å². The van der Waals surface area contributed by atoms with Gasteiger partial charge in [-0.3, -0.25) is 4.79 Å². The van der Waals surface area contributed by atoms with Crippen LogP contribution < -0.4 is 4.90 Å². The Morgan fingerprint density at radius 3 is 2.85 bits per heavy atom. The minimum atomic E-state index is -0.0677. The SMILES string of the molecule is Cc1cc(O)ccc1C(=O)N1CCCC2(CCc3cnc(N(C)C)nc32)C1. The molecule has 1 aliphatic carbocycles. The van der Waals surface area contributed by atoms with Crippen molar-refractivity contribution < 1.29 is 9.90 Å². The number of piperidine rings is 1. The average molecular weight is 366 g/mol. The maximum absolute atomic E-state index is 13.2. The number of nitrogens with zero attached hydrogens (tertiary/aromatic N) is 4. The Morgan fingerprint density at radius 1 is 1.30 bits per heavy atom. The standard InChI is InChI=1S/C21H26N4O2/c1-14-11-16(26)5-6-17(14)19(27)25-10-4-8-21(13-25)9-7-15-12-22-20(24(2)3)23-18(15)21/h5-6,11-12,26H,4,7-10,13H2,1-3H3. The van der Waals surface area contributed by atoms with Crippen LogP contribution in [0.4, 0.5) is 5.95 Å². The number of aromatic nitrogens is 2. The van der Waals surface area contributed by atoms with Gasteiger partial charge in [-0.2, -0.15) is 0 Å². The summed E-state index contributed by atoms with van der Waals surface area (Å²) in [7, 11) is 3.90. The lowest BCUT2D eigenvalue weighted by Crippen LogP contribution is -2.48. The highest BCUT2D eigenvalue weighted by Crippen LogP contribution is 2.44. The number of likely N-dealkylation sites (tertiary alicyclic amines) is 1. The molecule has 1 atom stereocenters. The molecule has 6 heteroatoms. The van der Waals surface area contributed by atoms with Gasteiger partial charge in [0.1, 0.15) is 5.75 Å². The first-order valence-electron chi connectivity index (χ1n) is 9.52. The van der Waals surface area contributed by atoms with E-state index in [1.165, 1.54) is 5.56 Å². The first-order chi connectivity index (χ1) is 12.9. The number of amides is 1. The highest BCUT2D eigenvalue weighted by molar-refractivity contribution is 5.96. The maximum atomic E-state index is 13.2. The van der Waals surface area contributed by atoms with Gasteiger partial charge in [0.25, 0.3) is 5.91 Å². The van der Waals surface area contributed by atoms with Gasteiger partial charge in [-0.05, 0) is 61.9 Å². The minimum absolute atomic E-state index is 0.0434. The maximum Gasteiger partial charge on any atom is 0.254 e. The molecule has 4 rings (SSSR count). The van der Waals surface area contributed by atoms with E-state index < -0.39 is 0 Å². The Bertz CT molecular complexity index is 892. The van der Waals surface area contributed by atoms with E-state index in [9.17, 15) is 9.90 Å². The number of benzene rings is 1. The van der Waals surface area contributed by atoms with Crippen LogP contribution >= 0.6 is 0 Å². The van der Waals surface area contributed by atoms with Gasteiger partial charge < -0.3 is 14.9 Å². The van der Waals surface area contributed by atoms with Gasteiger partial charge in [-0.1, -0.05) is 0 Å². The first kappa shape index (κ1) is 17.8. The van der Waals surface area contributed by atoms with Crippen LogP contribution in [0.15, 0.2) is 24.4 Å². The number of carbonyl (C=O) groups is 1. The molecular weight excluding hydrogens is 340 g/mol. The second kappa shape index (κ2) is 6.51. The number of anilines is 1. The molecule has 2 aliphatic rings. The van der Waals surface area contributed by atoms with Crippen LogP contribution in [0.5, 0.6) is 5.75 Å². The molecule has 0 radical (unpaired) electrons. The lowest BCUT2D eigenvalue weighted by molar-refractivity contribution is 0.0632. The predicted octanol–water partition coefficient (Wildman–Crippen LogP) is 2.68. The smallest absolute Gasteiger partial charge is 0.254 e. The summed E-state index contributed by atoms with van der Waals surface area (Å²) in [4.78, 5) is 26.4. The van der Waals surface area contributed by atoms with E-state index in [2.05, 4.69) is 4.98 Å². The third kappa shape index (κ3) is 3.03. The zero-order valence-corrected chi connectivity index (χ0v) is 16.2. The minimum Gasteiger partial charge on any atom is -0.508 e. The van der Waals surface area contributed by atoms with Gasteiger partial charge in [0, 0.05) is 44.4 Å². The van der Waals surface area contributed by atoms with Crippen molar-refractivity contribution in [3.8, 4) is 5.75 Å². The molecule has 1 fully saturated rings. The summed E-state index contributed by atoms with van der Waals surface area (Å²) in [6.07, 6.45) is 5.98. The Hall–Kier alpha value is -2.63. The second-order valence-electron chi connectivity index (χ2n) is 8.05. The topological polar surface area (TPSA) is 69.6 Å². The molecule has 2 aromatic rings. The molecule has 2 heterocycles. The molecule has 1 unspecified atom stereocenters. The van der Waals surface area contributed by atoms with Gasteiger partial charge in [-0.15, -0.1) is 0 Å². The quantitative estimate of drug-likeness (QED) is 0.885. The molecule has 1 spiro atoms. The highest BCUT2D eigenvalue weighted by Gasteiger charge is 2.45. The van der Waals surface area contributed by atoms with Crippen molar-refractivity contribution in [2.24, 2.45) is 0 Å². The number of hydrogen-bond donors (Lipinski definition) is 1. The van der Waals surface area contributed by atoms with Gasteiger partial charge in [-0.25, -0.2) is 9.97 Å². The summed E-state index contributed by atoms with van der Waals surface area (Å²) in [6.45, 7) is 3.33. The van der Waals surface area contributed by atoms with Crippen molar-refractivity contribution >= 4 is 11.9 Å². The average Bonchev–Trinajstić information content (AvgIpc) is 2.98. The number of fused-ring (bicyclic) bond motifs is 2. The molecular formula is C21H26N4O2. The van der Waals surface area contributed by atoms with E-state index in [1.54, 1.807) is 18.2 Å². The lowest BCUT2D eigenvalue weighted by Gasteiger charge is -2.40. The number of phenolic OH excluding ortho intramolecular Hbond substituents is 1. The van der Waals surface area contributed by atoms with Gasteiger partial charge in [0.05, 0.1) is 5.69 Å². The first-order valence-corrected chi connectivity index (χ1v) is 9.52. The largest absolute Gasteiger partial charge is 0.508 e. The van der Waals surface area contributed by atoms with Gasteiger partial charge in [0.15, 0.2) is 0 Å². The van der Waals surface area contributed by atoms with Crippen molar-refractivity contribution in [2.75, 3.05) is 32.1 Å². The molecule has 1 N–H and O–H groups in total. The van der Waals surface area contributed by atoms with Crippen LogP contribution in [0.3, 0.4) is 0 Å². The summed E-state index contributed by atoms with van der Waals surface area (Å²) < 4.78 is 0. The molecule has 6 nitrogen and oxygen atoms in total. The lowest BCUT2D eigenvalue weighted by atomic mass is 9.77. The van der Waals surface area contributed by atoms with Crippen molar-refractivity contribution in [1.29, 1.82) is 0 Å². The number of rotatable bonds is 2. The number of aromatic hydroxyl groups is 1. The van der Waals surface area contributed by atoms with Crippen LogP contribution in [0.25, 0.3) is 0 Å². The number of phenols is 1. The van der Waals surface area contributed by atoms with E-state index in [0.29, 0.717) is 12.1 Å². The van der Waals surface area contributed by atoms with E-state index in [1.807, 2.05) is 37.0 Å². The molecule has 1 saturated heterocycles. The normalized spacial score (nSPS) is 21.4. The van der Waals surface area contributed by atoms with E-state index in [4.69, 9.17) is 4.98 Å². The van der Waals surface area contributed by atoms with E-state index in [-0.39, 0.29) is 17.1 Å². The van der Waals surface area contributed by atoms with Gasteiger partial charge in [0.2, 0.25) is 5.95 Å². The van der Waals surface area contributed by atoms with Crippen LogP contribution in [0.1, 0.15) is 46.4 Å². The van der Waals surface area contributed by atoms with Crippen LogP contribution in [0.2, 0.25) is 0 Å². The zero-order valence-electron chi connectivity index (χ0n) is 16.2. The third-order valence-electron chi connectivity index (χ3n) is 5.93. The number of aryl methyl sites for hydroxylation is 2. The van der Waals surface area contributed by atoms with Crippen LogP contribution in [0, 0.1) is 6.92 Å². The van der Waals surface area contributed by atoms with Crippen molar-refractivity contribution in [3.05, 3.63) is 46.8 Å². The summed E-state index contributed by atoms with van der Waals surface area (Å²) in [5.74, 6) is 0.964. The van der Waals surface area contributed by atoms with E-state index >= 15 is 0 Å². The molecule has 1 amide bonds. The molecule has 0 saturated carbocycles. The molecule has 142 valence electrons. The molecule has 27 heavy (non-hydrogen) atoms.